The summed E-state index contributed by atoms with van der Waals surface area (Å²) in [6, 6.07) is 8.82. The van der Waals surface area contributed by atoms with Crippen molar-refractivity contribution in [2.45, 2.75) is 19.4 Å². The molecule has 1 atom stereocenters. The van der Waals surface area contributed by atoms with Gasteiger partial charge in [0.05, 0.1) is 11.2 Å². The van der Waals surface area contributed by atoms with Gasteiger partial charge in [0.25, 0.3) is 0 Å². The third-order valence-corrected chi connectivity index (χ3v) is 3.85. The van der Waals surface area contributed by atoms with Crippen LogP contribution in [0.3, 0.4) is 0 Å². The van der Waals surface area contributed by atoms with E-state index in [0.29, 0.717) is 6.04 Å². The Morgan fingerprint density at radius 2 is 2.12 bits per heavy atom. The van der Waals surface area contributed by atoms with Gasteiger partial charge in [-0.05, 0) is 24.6 Å². The first-order valence-corrected chi connectivity index (χ1v) is 7.35. The summed E-state index contributed by atoms with van der Waals surface area (Å²) in [6.07, 6.45) is 0.990. The van der Waals surface area contributed by atoms with Crippen molar-refractivity contribution in [1.82, 2.24) is 10.3 Å². The summed E-state index contributed by atoms with van der Waals surface area (Å²) >= 11 is 5.10. The average Bonchev–Trinajstić information content (AvgIpc) is 2.83. The van der Waals surface area contributed by atoms with Crippen LogP contribution in [0.15, 0.2) is 39.6 Å². The minimum absolute atomic E-state index is 0.377. The van der Waals surface area contributed by atoms with Gasteiger partial charge >= 0.3 is 0 Å². The number of halogens is 1. The second kappa shape index (κ2) is 6.28. The molecule has 4 heteroatoms. The van der Waals surface area contributed by atoms with Gasteiger partial charge < -0.3 is 5.32 Å². The predicted octanol–water partition coefficient (Wildman–Crippen LogP) is 3.80. The second-order valence-corrected chi connectivity index (χ2v) is 5.59. The summed E-state index contributed by atoms with van der Waals surface area (Å²) in [5.74, 6) is 0. The molecule has 1 N–H and O–H groups in total. The van der Waals surface area contributed by atoms with Gasteiger partial charge in [-0.25, -0.2) is 4.98 Å². The van der Waals surface area contributed by atoms with Crippen LogP contribution in [-0.4, -0.2) is 11.5 Å². The zero-order chi connectivity index (χ0) is 12.1. The molecular weight excluding hydrogens is 296 g/mol. The number of nitrogens with zero attached hydrogens (tertiary/aromatic N) is 1. The lowest BCUT2D eigenvalue weighted by Gasteiger charge is -2.13. The van der Waals surface area contributed by atoms with Gasteiger partial charge in [-0.2, -0.15) is 0 Å². The first kappa shape index (κ1) is 12.7. The number of thiazole rings is 1. The summed E-state index contributed by atoms with van der Waals surface area (Å²) in [5, 5.41) is 5.61. The van der Waals surface area contributed by atoms with Crippen molar-refractivity contribution in [1.29, 1.82) is 0 Å². The third kappa shape index (κ3) is 3.91. The molecule has 0 fully saturated rings. The largest absolute Gasteiger partial charge is 0.310 e. The molecule has 1 aromatic heterocycles. The SMILES string of the molecule is CC(NCCc1cscn1)c1ccc(Br)cc1. The topological polar surface area (TPSA) is 24.9 Å². The summed E-state index contributed by atoms with van der Waals surface area (Å²) in [5.41, 5.74) is 4.37. The monoisotopic (exact) mass is 310 g/mol. The molecule has 0 amide bonds. The van der Waals surface area contributed by atoms with Crippen molar-refractivity contribution in [3.63, 3.8) is 0 Å². The Hall–Kier alpha value is -0.710. The minimum atomic E-state index is 0.377. The van der Waals surface area contributed by atoms with Crippen LogP contribution in [0.4, 0.5) is 0 Å². The van der Waals surface area contributed by atoms with E-state index < -0.39 is 0 Å². The van der Waals surface area contributed by atoms with Gasteiger partial charge in [-0.1, -0.05) is 28.1 Å². The van der Waals surface area contributed by atoms with Gasteiger partial charge in [0.15, 0.2) is 0 Å². The highest BCUT2D eigenvalue weighted by atomic mass is 79.9. The van der Waals surface area contributed by atoms with E-state index in [9.17, 15) is 0 Å². The van der Waals surface area contributed by atoms with E-state index in [1.807, 2.05) is 5.51 Å². The fraction of sp³-hybridized carbons (Fsp3) is 0.308. The van der Waals surface area contributed by atoms with Gasteiger partial charge in [-0.15, -0.1) is 11.3 Å². The summed E-state index contributed by atoms with van der Waals surface area (Å²) in [7, 11) is 0. The van der Waals surface area contributed by atoms with Crippen molar-refractivity contribution in [3.8, 4) is 0 Å². The van der Waals surface area contributed by atoms with Crippen molar-refractivity contribution < 1.29 is 0 Å². The lowest BCUT2D eigenvalue weighted by Crippen LogP contribution is -2.21. The Morgan fingerprint density at radius 3 is 2.76 bits per heavy atom. The predicted molar refractivity (Wildman–Crippen MR) is 76.4 cm³/mol. The molecule has 2 aromatic rings. The minimum Gasteiger partial charge on any atom is -0.310 e. The molecule has 90 valence electrons. The molecule has 0 saturated heterocycles. The number of nitrogens with one attached hydrogen (secondary N) is 1. The highest BCUT2D eigenvalue weighted by Crippen LogP contribution is 2.16. The molecule has 0 saturated carbocycles. The first-order valence-electron chi connectivity index (χ1n) is 5.61. The van der Waals surface area contributed by atoms with Crippen LogP contribution in [0, 0.1) is 0 Å². The zero-order valence-electron chi connectivity index (χ0n) is 9.69. The van der Waals surface area contributed by atoms with Gasteiger partial charge in [0, 0.05) is 28.9 Å². The summed E-state index contributed by atoms with van der Waals surface area (Å²) < 4.78 is 1.12. The molecule has 0 radical (unpaired) electrons. The Labute approximate surface area is 114 Å². The lowest BCUT2D eigenvalue weighted by molar-refractivity contribution is 0.574. The van der Waals surface area contributed by atoms with Crippen LogP contribution >= 0.6 is 27.3 Å². The van der Waals surface area contributed by atoms with Gasteiger partial charge in [0.1, 0.15) is 0 Å². The van der Waals surface area contributed by atoms with Crippen LogP contribution in [0.2, 0.25) is 0 Å². The van der Waals surface area contributed by atoms with Crippen LogP contribution in [-0.2, 0) is 6.42 Å². The van der Waals surface area contributed by atoms with E-state index >= 15 is 0 Å². The molecular formula is C13H15BrN2S. The van der Waals surface area contributed by atoms with E-state index in [-0.39, 0.29) is 0 Å². The zero-order valence-corrected chi connectivity index (χ0v) is 12.1. The normalized spacial score (nSPS) is 12.6. The fourth-order valence-corrected chi connectivity index (χ4v) is 2.50. The maximum atomic E-state index is 4.27. The summed E-state index contributed by atoms with van der Waals surface area (Å²) in [6.45, 7) is 3.14. The maximum absolute atomic E-state index is 4.27. The Bertz CT molecular complexity index is 439. The molecule has 1 aromatic carbocycles. The van der Waals surface area contributed by atoms with Crippen molar-refractivity contribution >= 4 is 27.3 Å². The molecule has 1 heterocycles. The van der Waals surface area contributed by atoms with E-state index in [1.54, 1.807) is 11.3 Å². The second-order valence-electron chi connectivity index (χ2n) is 3.96. The molecule has 0 aliphatic heterocycles. The van der Waals surface area contributed by atoms with Crippen molar-refractivity contribution in [3.05, 3.63) is 50.9 Å². The molecule has 0 aliphatic carbocycles. The highest BCUT2D eigenvalue weighted by molar-refractivity contribution is 9.10. The quantitative estimate of drug-likeness (QED) is 0.908. The number of benzene rings is 1. The van der Waals surface area contributed by atoms with Crippen LogP contribution in [0.1, 0.15) is 24.2 Å². The Morgan fingerprint density at radius 1 is 1.35 bits per heavy atom. The maximum Gasteiger partial charge on any atom is 0.0794 e. The van der Waals surface area contributed by atoms with Gasteiger partial charge in [0.2, 0.25) is 0 Å². The fourth-order valence-electron chi connectivity index (χ4n) is 1.65. The first-order chi connectivity index (χ1) is 8.25. The van der Waals surface area contributed by atoms with E-state index in [4.69, 9.17) is 0 Å². The Balaban J connectivity index is 1.81. The van der Waals surface area contributed by atoms with Crippen molar-refractivity contribution in [2.75, 3.05) is 6.54 Å². The summed E-state index contributed by atoms with van der Waals surface area (Å²) in [4.78, 5) is 4.27. The molecule has 2 rings (SSSR count). The molecule has 0 spiro atoms. The van der Waals surface area contributed by atoms with Crippen molar-refractivity contribution in [2.24, 2.45) is 0 Å². The van der Waals surface area contributed by atoms with Crippen LogP contribution in [0.5, 0.6) is 0 Å². The van der Waals surface area contributed by atoms with E-state index in [1.165, 1.54) is 11.3 Å². The molecule has 1 unspecified atom stereocenters. The smallest absolute Gasteiger partial charge is 0.0794 e. The third-order valence-electron chi connectivity index (χ3n) is 2.69. The Kier molecular flexibility index (Phi) is 4.71. The molecule has 17 heavy (non-hydrogen) atoms. The molecule has 0 aliphatic rings. The standard InChI is InChI=1S/C13H15BrN2S/c1-10(11-2-4-12(14)5-3-11)15-7-6-13-8-17-9-16-13/h2-5,8-10,15H,6-7H2,1H3. The number of hydrogen-bond donors (Lipinski definition) is 1. The highest BCUT2D eigenvalue weighted by Gasteiger charge is 2.04. The van der Waals surface area contributed by atoms with Crippen LogP contribution < -0.4 is 5.32 Å². The number of hydrogen-bond acceptors (Lipinski definition) is 3. The number of aromatic nitrogens is 1. The lowest BCUT2D eigenvalue weighted by atomic mass is 10.1. The van der Waals surface area contributed by atoms with Crippen LogP contribution in [0.25, 0.3) is 0 Å². The average molecular weight is 311 g/mol. The van der Waals surface area contributed by atoms with E-state index in [0.717, 1.165) is 17.4 Å². The number of rotatable bonds is 5. The van der Waals surface area contributed by atoms with Gasteiger partial charge in [-0.3, -0.25) is 0 Å². The molecule has 2 nitrogen and oxygen atoms in total. The van der Waals surface area contributed by atoms with E-state index in [2.05, 4.69) is 62.8 Å². The molecule has 0 bridgehead atoms.